The lowest BCUT2D eigenvalue weighted by Gasteiger charge is -2.33. The molecule has 166 valence electrons. The Morgan fingerprint density at radius 2 is 1.87 bits per heavy atom. The zero-order valence-corrected chi connectivity index (χ0v) is 20.1. The summed E-state index contributed by atoms with van der Waals surface area (Å²) >= 11 is 3.71. The van der Waals surface area contributed by atoms with Crippen LogP contribution in [0.5, 0.6) is 5.75 Å². The smallest absolute Gasteiger partial charge is 0.119 e. The van der Waals surface area contributed by atoms with Crippen molar-refractivity contribution in [1.82, 2.24) is 15.1 Å². The molecular weight excluding hydrogens is 450 g/mol. The number of rotatable bonds is 8. The number of piperidine rings is 1. The van der Waals surface area contributed by atoms with Crippen LogP contribution in [-0.4, -0.2) is 49.8 Å². The molecule has 0 saturated carbocycles. The Kier molecular flexibility index (Phi) is 8.06. The molecule has 2 aromatic carbocycles. The third kappa shape index (κ3) is 6.58. The average Bonchev–Trinajstić information content (AvgIpc) is 2.82. The van der Waals surface area contributed by atoms with Gasteiger partial charge in [-0.15, -0.1) is 0 Å². The van der Waals surface area contributed by atoms with E-state index in [1.54, 1.807) is 7.11 Å². The Morgan fingerprint density at radius 3 is 2.58 bits per heavy atom. The van der Waals surface area contributed by atoms with E-state index in [9.17, 15) is 0 Å². The van der Waals surface area contributed by atoms with Crippen molar-refractivity contribution in [1.29, 1.82) is 0 Å². The van der Waals surface area contributed by atoms with Gasteiger partial charge >= 0.3 is 0 Å². The molecule has 1 saturated heterocycles. The van der Waals surface area contributed by atoms with E-state index in [1.165, 1.54) is 47.2 Å². The quantitative estimate of drug-likeness (QED) is 0.568. The first-order valence-corrected chi connectivity index (χ1v) is 12.2. The molecule has 4 rings (SSSR count). The highest BCUT2D eigenvalue weighted by atomic mass is 79.9. The number of nitrogens with one attached hydrogen (secondary N) is 1. The van der Waals surface area contributed by atoms with Gasteiger partial charge in [0, 0.05) is 29.8 Å². The van der Waals surface area contributed by atoms with Crippen molar-refractivity contribution in [2.45, 2.75) is 32.2 Å². The monoisotopic (exact) mass is 483 g/mol. The first-order valence-electron chi connectivity index (χ1n) is 11.4. The van der Waals surface area contributed by atoms with Gasteiger partial charge in [0.1, 0.15) is 5.75 Å². The van der Waals surface area contributed by atoms with Crippen molar-refractivity contribution in [2.75, 3.05) is 40.0 Å². The van der Waals surface area contributed by atoms with E-state index in [0.717, 1.165) is 50.8 Å². The van der Waals surface area contributed by atoms with Gasteiger partial charge in [0.05, 0.1) is 13.8 Å². The van der Waals surface area contributed by atoms with Crippen molar-refractivity contribution >= 4 is 15.9 Å². The highest BCUT2D eigenvalue weighted by Crippen LogP contribution is 2.28. The van der Waals surface area contributed by atoms with Gasteiger partial charge in [0.15, 0.2) is 0 Å². The molecule has 1 fully saturated rings. The molecule has 2 aromatic rings. The number of likely N-dealkylation sites (tertiary alicyclic amines) is 1. The molecule has 0 bridgehead atoms. The van der Waals surface area contributed by atoms with Crippen molar-refractivity contribution < 1.29 is 4.74 Å². The molecule has 0 radical (unpaired) electrons. The molecule has 5 heteroatoms. The van der Waals surface area contributed by atoms with Crippen LogP contribution in [0.1, 0.15) is 30.4 Å². The van der Waals surface area contributed by atoms with E-state index >= 15 is 0 Å². The zero-order chi connectivity index (χ0) is 21.5. The van der Waals surface area contributed by atoms with Crippen LogP contribution in [0.3, 0.4) is 0 Å². The fourth-order valence-electron chi connectivity index (χ4n) is 4.58. The first-order chi connectivity index (χ1) is 15.2. The van der Waals surface area contributed by atoms with E-state index in [4.69, 9.17) is 4.74 Å². The Morgan fingerprint density at radius 1 is 1.06 bits per heavy atom. The molecule has 1 N–H and O–H groups in total. The van der Waals surface area contributed by atoms with Crippen molar-refractivity contribution in [3.63, 3.8) is 0 Å². The summed E-state index contributed by atoms with van der Waals surface area (Å²) in [5.41, 5.74) is 4.16. The van der Waals surface area contributed by atoms with E-state index < -0.39 is 0 Å². The van der Waals surface area contributed by atoms with Gasteiger partial charge in [-0.1, -0.05) is 52.3 Å². The molecule has 0 aliphatic carbocycles. The second-order valence-corrected chi connectivity index (χ2v) is 9.61. The Hall–Kier alpha value is -1.82. The molecule has 0 unspecified atom stereocenters. The third-order valence-electron chi connectivity index (χ3n) is 6.54. The molecule has 31 heavy (non-hydrogen) atoms. The number of hydrogen-bond donors (Lipinski definition) is 1. The summed E-state index contributed by atoms with van der Waals surface area (Å²) in [6, 6.07) is 17.0. The predicted molar refractivity (Wildman–Crippen MR) is 131 cm³/mol. The molecule has 2 aliphatic rings. The van der Waals surface area contributed by atoms with Crippen LogP contribution in [0.25, 0.3) is 0 Å². The van der Waals surface area contributed by atoms with E-state index in [0.29, 0.717) is 0 Å². The molecule has 0 spiro atoms. The fourth-order valence-corrected chi connectivity index (χ4v) is 4.99. The maximum Gasteiger partial charge on any atom is 0.119 e. The molecule has 4 nitrogen and oxygen atoms in total. The Labute approximate surface area is 195 Å². The lowest BCUT2D eigenvalue weighted by Crippen LogP contribution is -2.40. The third-order valence-corrected chi connectivity index (χ3v) is 7.31. The van der Waals surface area contributed by atoms with Crippen molar-refractivity contribution in [3.8, 4) is 5.75 Å². The number of hydrogen-bond acceptors (Lipinski definition) is 4. The lowest BCUT2D eigenvalue weighted by molar-refractivity contribution is 0.183. The molecular formula is C26H34BrN3O. The van der Waals surface area contributed by atoms with E-state index in [-0.39, 0.29) is 0 Å². The van der Waals surface area contributed by atoms with Gasteiger partial charge in [-0.05, 0) is 74.0 Å². The van der Waals surface area contributed by atoms with Crippen LogP contribution in [0.4, 0.5) is 0 Å². The lowest BCUT2D eigenvalue weighted by atomic mass is 9.90. The number of methoxy groups -OCH3 is 1. The summed E-state index contributed by atoms with van der Waals surface area (Å²) in [6.07, 6.45) is 7.20. The predicted octanol–water partition coefficient (Wildman–Crippen LogP) is 5.05. The largest absolute Gasteiger partial charge is 0.497 e. The molecule has 0 aromatic heterocycles. The second kappa shape index (κ2) is 11.2. The van der Waals surface area contributed by atoms with Crippen molar-refractivity contribution in [2.24, 2.45) is 5.92 Å². The van der Waals surface area contributed by atoms with Crippen LogP contribution in [-0.2, 0) is 13.0 Å². The summed E-state index contributed by atoms with van der Waals surface area (Å²) in [7, 11) is 1.74. The summed E-state index contributed by atoms with van der Waals surface area (Å²) in [5, 5.41) is 3.63. The van der Waals surface area contributed by atoms with Crippen LogP contribution in [0.2, 0.25) is 0 Å². The highest BCUT2D eigenvalue weighted by molar-refractivity contribution is 9.10. The molecule has 2 heterocycles. The Balaban J connectivity index is 1.17. The van der Waals surface area contributed by atoms with Gasteiger partial charge < -0.3 is 15.0 Å². The molecule has 0 amide bonds. The number of ether oxygens (including phenoxy) is 1. The zero-order valence-electron chi connectivity index (χ0n) is 18.5. The van der Waals surface area contributed by atoms with Gasteiger partial charge in [-0.3, -0.25) is 4.90 Å². The standard InChI is InChI=1S/C26H34BrN3O/c1-31-25-7-8-26(27)23(18-25)17-21-9-13-29(14-10-21)15-11-24-12-16-30(20-28-24)19-22-5-3-2-4-6-22/h2-8,12,18,21,28H,9-11,13-17,19-20H2,1H3. The van der Waals surface area contributed by atoms with Gasteiger partial charge in [-0.25, -0.2) is 0 Å². The SMILES string of the molecule is COc1ccc(Br)c(CC2CCN(CCC3=CCN(Cc4ccccc4)CN3)CC2)c1. The fraction of sp³-hybridized carbons (Fsp3) is 0.462. The second-order valence-electron chi connectivity index (χ2n) is 8.76. The molecule has 0 atom stereocenters. The minimum absolute atomic E-state index is 0.762. The normalized spacial score (nSPS) is 18.5. The van der Waals surface area contributed by atoms with Gasteiger partial charge in [0.25, 0.3) is 0 Å². The van der Waals surface area contributed by atoms with Gasteiger partial charge in [-0.2, -0.15) is 0 Å². The van der Waals surface area contributed by atoms with Crippen LogP contribution >= 0.6 is 15.9 Å². The van der Waals surface area contributed by atoms with Crippen LogP contribution in [0, 0.1) is 5.92 Å². The van der Waals surface area contributed by atoms with Crippen molar-refractivity contribution in [3.05, 3.63) is 75.9 Å². The topological polar surface area (TPSA) is 27.7 Å². The Bertz CT molecular complexity index is 862. The summed E-state index contributed by atoms with van der Waals surface area (Å²) in [5.74, 6) is 1.71. The number of nitrogens with zero attached hydrogens (tertiary/aromatic N) is 2. The average molecular weight is 484 g/mol. The minimum Gasteiger partial charge on any atom is -0.497 e. The van der Waals surface area contributed by atoms with E-state index in [1.807, 2.05) is 6.07 Å². The maximum atomic E-state index is 5.40. The highest BCUT2D eigenvalue weighted by Gasteiger charge is 2.21. The molecule has 2 aliphatic heterocycles. The first kappa shape index (κ1) is 22.4. The van der Waals surface area contributed by atoms with Crippen LogP contribution < -0.4 is 10.1 Å². The number of benzene rings is 2. The van der Waals surface area contributed by atoms with E-state index in [2.05, 4.69) is 79.6 Å². The summed E-state index contributed by atoms with van der Waals surface area (Å²) < 4.78 is 6.60. The summed E-state index contributed by atoms with van der Waals surface area (Å²) in [6.45, 7) is 6.56. The number of halogens is 1. The van der Waals surface area contributed by atoms with Gasteiger partial charge in [0.2, 0.25) is 0 Å². The summed E-state index contributed by atoms with van der Waals surface area (Å²) in [4.78, 5) is 5.08. The minimum atomic E-state index is 0.762. The van der Waals surface area contributed by atoms with Crippen LogP contribution in [0.15, 0.2) is 64.8 Å². The maximum absolute atomic E-state index is 5.40.